The minimum absolute atomic E-state index is 0.176. The molecule has 10 heteroatoms. The molecule has 4 nitrogen and oxygen atoms in total. The summed E-state index contributed by atoms with van der Waals surface area (Å²) in [6.07, 6.45) is -15.3. The molecule has 0 radical (unpaired) electrons. The first-order valence-electron chi connectivity index (χ1n) is 5.24. The predicted molar refractivity (Wildman–Crippen MR) is 58.7 cm³/mol. The molecule has 0 saturated carbocycles. The first kappa shape index (κ1) is 16.9. The number of alkyl halides is 6. The van der Waals surface area contributed by atoms with Crippen LogP contribution in [-0.2, 0) is 4.74 Å². The molecule has 2 N–H and O–H groups in total. The van der Waals surface area contributed by atoms with Gasteiger partial charge >= 0.3 is 18.3 Å². The molecule has 1 rings (SSSR count). The normalized spacial score (nSPS) is 12.4. The van der Waals surface area contributed by atoms with Crippen LogP contribution < -0.4 is 10.5 Å². The van der Waals surface area contributed by atoms with Crippen molar-refractivity contribution in [2.75, 3.05) is 12.8 Å². The molecule has 0 spiro atoms. The highest BCUT2D eigenvalue weighted by Crippen LogP contribution is 2.37. The van der Waals surface area contributed by atoms with Crippen LogP contribution in [0.25, 0.3) is 0 Å². The van der Waals surface area contributed by atoms with Crippen LogP contribution in [0, 0.1) is 0 Å². The summed E-state index contributed by atoms with van der Waals surface area (Å²) in [5.74, 6) is -1.84. The van der Waals surface area contributed by atoms with E-state index in [-0.39, 0.29) is 5.69 Å². The van der Waals surface area contributed by atoms with E-state index < -0.39 is 35.7 Å². The quantitative estimate of drug-likeness (QED) is 0.529. The number of halogens is 6. The highest BCUT2D eigenvalue weighted by molar-refractivity contribution is 5.95. The average Bonchev–Trinajstić information content (AvgIpc) is 2.33. The zero-order valence-corrected chi connectivity index (χ0v) is 10.4. The third-order valence-corrected chi connectivity index (χ3v) is 2.28. The van der Waals surface area contributed by atoms with E-state index in [0.717, 1.165) is 19.2 Å². The van der Waals surface area contributed by atoms with Crippen LogP contribution >= 0.6 is 0 Å². The van der Waals surface area contributed by atoms with E-state index in [1.54, 1.807) is 0 Å². The summed E-state index contributed by atoms with van der Waals surface area (Å²) in [5, 5.41) is 0. The molecule has 0 aromatic heterocycles. The zero-order chi connectivity index (χ0) is 16.4. The molecule has 21 heavy (non-hydrogen) atoms. The van der Waals surface area contributed by atoms with Gasteiger partial charge in [-0.2, -0.15) is 26.3 Å². The Balaban J connectivity index is 3.14. The standard InChI is InChI=1S/C11H9F6NO3/c1-20-8(19)6-4-5(2-3-7(6)18)21-9(10(12,13)14)11(15,16)17/h2-4,9H,18H2,1H3. The monoisotopic (exact) mass is 317 g/mol. The third kappa shape index (κ3) is 4.17. The van der Waals surface area contributed by atoms with Gasteiger partial charge in [0.05, 0.1) is 12.7 Å². The molecule has 0 saturated heterocycles. The lowest BCUT2D eigenvalue weighted by Gasteiger charge is -2.24. The van der Waals surface area contributed by atoms with Crippen molar-refractivity contribution < 1.29 is 40.6 Å². The highest BCUT2D eigenvalue weighted by atomic mass is 19.4. The number of hydrogen-bond donors (Lipinski definition) is 1. The Morgan fingerprint density at radius 3 is 2.10 bits per heavy atom. The second-order valence-corrected chi connectivity index (χ2v) is 3.82. The summed E-state index contributed by atoms with van der Waals surface area (Å²) in [6, 6.07) is 2.36. The van der Waals surface area contributed by atoms with E-state index >= 15 is 0 Å². The molecule has 0 atom stereocenters. The Morgan fingerprint density at radius 1 is 1.14 bits per heavy atom. The Bertz CT molecular complexity index is 512. The van der Waals surface area contributed by atoms with E-state index in [1.165, 1.54) is 0 Å². The molecule has 1 aromatic rings. The fraction of sp³-hybridized carbons (Fsp3) is 0.364. The molecular weight excluding hydrogens is 308 g/mol. The molecule has 0 aliphatic carbocycles. The van der Waals surface area contributed by atoms with Crippen LogP contribution in [0.4, 0.5) is 32.0 Å². The molecule has 0 unspecified atom stereocenters. The molecule has 0 aliphatic rings. The van der Waals surface area contributed by atoms with Crippen molar-refractivity contribution in [3.05, 3.63) is 23.8 Å². The summed E-state index contributed by atoms with van der Waals surface area (Å²) >= 11 is 0. The summed E-state index contributed by atoms with van der Waals surface area (Å²) in [7, 11) is 0.976. The first-order chi connectivity index (χ1) is 9.46. The highest BCUT2D eigenvalue weighted by Gasteiger charge is 2.59. The van der Waals surface area contributed by atoms with Gasteiger partial charge in [-0.15, -0.1) is 0 Å². The van der Waals surface area contributed by atoms with Gasteiger partial charge in [-0.3, -0.25) is 0 Å². The van der Waals surface area contributed by atoms with Crippen molar-refractivity contribution >= 4 is 11.7 Å². The number of anilines is 1. The smallest absolute Gasteiger partial charge is 0.434 e. The molecule has 0 fully saturated rings. The molecule has 118 valence electrons. The number of nitrogens with two attached hydrogens (primary N) is 1. The predicted octanol–water partition coefficient (Wildman–Crippen LogP) is 2.93. The van der Waals surface area contributed by atoms with Crippen molar-refractivity contribution in [3.8, 4) is 5.75 Å². The van der Waals surface area contributed by atoms with Crippen molar-refractivity contribution in [3.63, 3.8) is 0 Å². The van der Waals surface area contributed by atoms with Gasteiger partial charge < -0.3 is 15.2 Å². The number of rotatable bonds is 3. The van der Waals surface area contributed by atoms with Gasteiger partial charge in [0.2, 0.25) is 0 Å². The Hall–Kier alpha value is -2.13. The van der Waals surface area contributed by atoms with Crippen molar-refractivity contribution in [2.24, 2.45) is 0 Å². The zero-order valence-electron chi connectivity index (χ0n) is 10.4. The topological polar surface area (TPSA) is 61.5 Å². The van der Waals surface area contributed by atoms with Crippen LogP contribution in [0.5, 0.6) is 5.75 Å². The number of esters is 1. The summed E-state index contributed by atoms with van der Waals surface area (Å²) in [4.78, 5) is 11.3. The number of benzene rings is 1. The van der Waals surface area contributed by atoms with Gasteiger partial charge in [0.25, 0.3) is 6.10 Å². The molecular formula is C11H9F6NO3. The number of ether oxygens (including phenoxy) is 2. The lowest BCUT2D eigenvalue weighted by molar-refractivity contribution is -0.299. The summed E-state index contributed by atoms with van der Waals surface area (Å²) in [5.41, 5.74) is 4.79. The number of nitrogen functional groups attached to an aromatic ring is 1. The Kier molecular flexibility index (Phi) is 4.59. The fourth-order valence-corrected chi connectivity index (χ4v) is 1.35. The van der Waals surface area contributed by atoms with Gasteiger partial charge in [0.1, 0.15) is 5.75 Å². The maximum Gasteiger partial charge on any atom is 0.434 e. The lowest BCUT2D eigenvalue weighted by atomic mass is 10.1. The van der Waals surface area contributed by atoms with Gasteiger partial charge in [0.15, 0.2) is 0 Å². The minimum atomic E-state index is -5.66. The lowest BCUT2D eigenvalue weighted by Crippen LogP contribution is -2.46. The maximum atomic E-state index is 12.3. The molecule has 0 aliphatic heterocycles. The van der Waals surface area contributed by atoms with Crippen molar-refractivity contribution in [1.29, 1.82) is 0 Å². The minimum Gasteiger partial charge on any atom is -0.471 e. The summed E-state index contributed by atoms with van der Waals surface area (Å²) < 4.78 is 82.3. The largest absolute Gasteiger partial charge is 0.471 e. The molecule has 1 aromatic carbocycles. The van der Waals surface area contributed by atoms with Crippen LogP contribution in [0.2, 0.25) is 0 Å². The molecule has 0 amide bonds. The SMILES string of the molecule is COC(=O)c1cc(OC(C(F)(F)F)C(F)(F)F)ccc1N. The second kappa shape index (κ2) is 5.70. The third-order valence-electron chi connectivity index (χ3n) is 2.28. The van der Waals surface area contributed by atoms with Crippen LogP contribution in [0.1, 0.15) is 10.4 Å². The van der Waals surface area contributed by atoms with Gasteiger partial charge in [-0.25, -0.2) is 4.79 Å². The molecule has 0 bridgehead atoms. The van der Waals surface area contributed by atoms with Crippen LogP contribution in [0.15, 0.2) is 18.2 Å². The van der Waals surface area contributed by atoms with Gasteiger partial charge in [-0.05, 0) is 18.2 Å². The number of carbonyl (C=O) groups excluding carboxylic acids is 1. The average molecular weight is 317 g/mol. The van der Waals surface area contributed by atoms with Gasteiger partial charge in [-0.1, -0.05) is 0 Å². The van der Waals surface area contributed by atoms with E-state index in [0.29, 0.717) is 6.07 Å². The van der Waals surface area contributed by atoms with Crippen molar-refractivity contribution in [2.45, 2.75) is 18.5 Å². The first-order valence-corrected chi connectivity index (χ1v) is 5.24. The fourth-order valence-electron chi connectivity index (χ4n) is 1.35. The second-order valence-electron chi connectivity index (χ2n) is 3.82. The van der Waals surface area contributed by atoms with Gasteiger partial charge in [0, 0.05) is 5.69 Å². The summed E-state index contributed by atoms with van der Waals surface area (Å²) in [6.45, 7) is 0. The Morgan fingerprint density at radius 2 is 1.67 bits per heavy atom. The van der Waals surface area contributed by atoms with E-state index in [2.05, 4.69) is 9.47 Å². The van der Waals surface area contributed by atoms with Crippen molar-refractivity contribution in [1.82, 2.24) is 0 Å². The number of methoxy groups -OCH3 is 1. The molecule has 0 heterocycles. The van der Waals surface area contributed by atoms with Crippen LogP contribution in [0.3, 0.4) is 0 Å². The van der Waals surface area contributed by atoms with E-state index in [1.807, 2.05) is 0 Å². The Labute approximate surface area is 114 Å². The van der Waals surface area contributed by atoms with E-state index in [4.69, 9.17) is 5.73 Å². The van der Waals surface area contributed by atoms with Crippen LogP contribution in [-0.4, -0.2) is 31.5 Å². The maximum absolute atomic E-state index is 12.3. The van der Waals surface area contributed by atoms with E-state index in [9.17, 15) is 31.1 Å². The number of carbonyl (C=O) groups is 1. The number of hydrogen-bond acceptors (Lipinski definition) is 4.